The summed E-state index contributed by atoms with van der Waals surface area (Å²) in [6.07, 6.45) is 1.47. The highest BCUT2D eigenvalue weighted by atomic mass is 16.3. The minimum atomic E-state index is -1.02. The zero-order valence-electron chi connectivity index (χ0n) is 11.9. The number of anilines is 1. The second-order valence-corrected chi connectivity index (χ2v) is 4.61. The van der Waals surface area contributed by atoms with Crippen LogP contribution in [0.3, 0.4) is 0 Å². The number of phenols is 1. The molecule has 0 atom stereocenters. The Balaban J connectivity index is 1.85. The molecule has 0 aliphatic heterocycles. The molecule has 0 spiro atoms. The molecule has 0 saturated carbocycles. The Labute approximate surface area is 129 Å². The molecular weight excluding hydrogens is 304 g/mol. The average molecular weight is 318 g/mol. The summed E-state index contributed by atoms with van der Waals surface area (Å²) < 4.78 is 0. The molecule has 9 nitrogen and oxygen atoms in total. The quantitative estimate of drug-likeness (QED) is 0.462. The van der Waals surface area contributed by atoms with Gasteiger partial charge in [-0.3, -0.25) is 19.4 Å². The van der Waals surface area contributed by atoms with Crippen LogP contribution in [0.1, 0.15) is 5.56 Å². The van der Waals surface area contributed by atoms with Crippen molar-refractivity contribution in [2.45, 2.75) is 6.42 Å². The Bertz CT molecular complexity index is 822. The number of amides is 2. The lowest BCUT2D eigenvalue weighted by molar-refractivity contribution is -0.136. The number of nitrogens with one attached hydrogen (secondary N) is 4. The molecule has 0 radical (unpaired) electrons. The van der Waals surface area contributed by atoms with E-state index in [0.717, 1.165) is 11.8 Å². The Morgan fingerprint density at radius 3 is 2.43 bits per heavy atom. The van der Waals surface area contributed by atoms with Crippen molar-refractivity contribution in [1.82, 2.24) is 15.3 Å². The first-order chi connectivity index (χ1) is 11.0. The SMILES string of the molecule is O=C(NCCc1ccc(O)cc1)C(=O)Nc1c[nH]c(=O)[nH]c1=O. The van der Waals surface area contributed by atoms with Gasteiger partial charge in [-0.2, -0.15) is 0 Å². The van der Waals surface area contributed by atoms with Crippen LogP contribution in [0, 0.1) is 0 Å². The summed E-state index contributed by atoms with van der Waals surface area (Å²) in [7, 11) is 0. The third-order valence-corrected chi connectivity index (χ3v) is 2.91. The molecule has 0 aliphatic carbocycles. The summed E-state index contributed by atoms with van der Waals surface area (Å²) in [6.45, 7) is 0.207. The van der Waals surface area contributed by atoms with Gasteiger partial charge in [-0.05, 0) is 24.1 Å². The fourth-order valence-electron chi connectivity index (χ4n) is 1.74. The molecule has 0 unspecified atom stereocenters. The van der Waals surface area contributed by atoms with Crippen LogP contribution in [0.25, 0.3) is 0 Å². The van der Waals surface area contributed by atoms with E-state index in [-0.39, 0.29) is 18.0 Å². The molecular formula is C14H14N4O5. The van der Waals surface area contributed by atoms with Gasteiger partial charge in [-0.1, -0.05) is 12.1 Å². The number of hydrogen-bond acceptors (Lipinski definition) is 5. The predicted molar refractivity (Wildman–Crippen MR) is 81.1 cm³/mol. The van der Waals surface area contributed by atoms with Crippen LogP contribution in [-0.2, 0) is 16.0 Å². The molecule has 0 saturated heterocycles. The molecule has 0 aliphatic rings. The van der Waals surface area contributed by atoms with Crippen LogP contribution in [0.2, 0.25) is 0 Å². The fraction of sp³-hybridized carbons (Fsp3) is 0.143. The number of carbonyl (C=O) groups excluding carboxylic acids is 2. The van der Waals surface area contributed by atoms with Gasteiger partial charge in [0.05, 0.1) is 0 Å². The lowest BCUT2D eigenvalue weighted by Crippen LogP contribution is -2.38. The molecule has 2 amide bonds. The standard InChI is InChI=1S/C14H14N4O5/c19-9-3-1-8(2-4-9)5-6-15-12(21)13(22)17-10-7-16-14(23)18-11(10)20/h1-4,7,19H,5-6H2,(H,15,21)(H,17,22)(H2,16,18,20,23). The highest BCUT2D eigenvalue weighted by Gasteiger charge is 2.14. The summed E-state index contributed by atoms with van der Waals surface area (Å²) in [5.41, 5.74) is -0.880. The van der Waals surface area contributed by atoms with E-state index in [0.29, 0.717) is 6.42 Å². The van der Waals surface area contributed by atoms with Gasteiger partial charge in [-0.15, -0.1) is 0 Å². The Hall–Kier alpha value is -3.36. The van der Waals surface area contributed by atoms with E-state index in [1.807, 2.05) is 4.98 Å². The van der Waals surface area contributed by atoms with E-state index >= 15 is 0 Å². The van der Waals surface area contributed by atoms with E-state index in [1.54, 1.807) is 12.1 Å². The topological polar surface area (TPSA) is 144 Å². The number of benzene rings is 1. The van der Waals surface area contributed by atoms with Crippen molar-refractivity contribution in [2.24, 2.45) is 0 Å². The van der Waals surface area contributed by atoms with Crippen molar-refractivity contribution >= 4 is 17.5 Å². The zero-order chi connectivity index (χ0) is 16.8. The first-order valence-electron chi connectivity index (χ1n) is 6.65. The van der Waals surface area contributed by atoms with E-state index in [2.05, 4.69) is 15.6 Å². The van der Waals surface area contributed by atoms with Gasteiger partial charge in [0.1, 0.15) is 11.4 Å². The van der Waals surface area contributed by atoms with Crippen LogP contribution in [0.15, 0.2) is 40.1 Å². The maximum atomic E-state index is 11.6. The number of aromatic amines is 2. The number of H-pyrrole nitrogens is 2. The monoisotopic (exact) mass is 318 g/mol. The number of hydrogen-bond donors (Lipinski definition) is 5. The highest BCUT2D eigenvalue weighted by molar-refractivity contribution is 6.39. The number of aromatic hydroxyl groups is 1. The largest absolute Gasteiger partial charge is 0.508 e. The van der Waals surface area contributed by atoms with Crippen LogP contribution in [-0.4, -0.2) is 33.4 Å². The zero-order valence-corrected chi connectivity index (χ0v) is 11.9. The van der Waals surface area contributed by atoms with Gasteiger partial charge in [0.25, 0.3) is 5.56 Å². The summed E-state index contributed by atoms with van der Waals surface area (Å²) in [6, 6.07) is 6.43. The van der Waals surface area contributed by atoms with E-state index < -0.39 is 23.1 Å². The maximum Gasteiger partial charge on any atom is 0.325 e. The molecule has 23 heavy (non-hydrogen) atoms. The van der Waals surface area contributed by atoms with Gasteiger partial charge < -0.3 is 20.7 Å². The van der Waals surface area contributed by atoms with Crippen molar-refractivity contribution in [3.63, 3.8) is 0 Å². The Morgan fingerprint density at radius 2 is 1.78 bits per heavy atom. The summed E-state index contributed by atoms with van der Waals surface area (Å²) >= 11 is 0. The first-order valence-corrected chi connectivity index (χ1v) is 6.65. The number of rotatable bonds is 4. The fourth-order valence-corrected chi connectivity index (χ4v) is 1.74. The Morgan fingerprint density at radius 1 is 1.09 bits per heavy atom. The molecule has 2 aromatic rings. The van der Waals surface area contributed by atoms with Crippen LogP contribution < -0.4 is 21.9 Å². The van der Waals surface area contributed by atoms with E-state index in [1.165, 1.54) is 12.1 Å². The highest BCUT2D eigenvalue weighted by Crippen LogP contribution is 2.09. The minimum Gasteiger partial charge on any atom is -0.508 e. The second kappa shape index (κ2) is 7.07. The molecule has 5 N–H and O–H groups in total. The summed E-state index contributed by atoms with van der Waals surface area (Å²) in [4.78, 5) is 49.6. The van der Waals surface area contributed by atoms with Crippen molar-refractivity contribution in [1.29, 1.82) is 0 Å². The predicted octanol–water partition coefficient (Wildman–Crippen LogP) is -0.934. The minimum absolute atomic E-state index is 0.142. The third kappa shape index (κ3) is 4.56. The van der Waals surface area contributed by atoms with Gasteiger partial charge in [0, 0.05) is 12.7 Å². The molecule has 1 aromatic heterocycles. The van der Waals surface area contributed by atoms with Gasteiger partial charge in [0.2, 0.25) is 0 Å². The van der Waals surface area contributed by atoms with Crippen molar-refractivity contribution < 1.29 is 14.7 Å². The van der Waals surface area contributed by atoms with E-state index in [4.69, 9.17) is 5.11 Å². The molecule has 0 fully saturated rings. The molecule has 1 aromatic carbocycles. The van der Waals surface area contributed by atoms with Gasteiger partial charge >= 0.3 is 17.5 Å². The maximum absolute atomic E-state index is 11.6. The molecule has 120 valence electrons. The normalized spacial score (nSPS) is 10.1. The summed E-state index contributed by atoms with van der Waals surface area (Å²) in [5.74, 6) is -1.79. The van der Waals surface area contributed by atoms with Crippen molar-refractivity contribution in [3.8, 4) is 5.75 Å². The smallest absolute Gasteiger partial charge is 0.325 e. The first kappa shape index (κ1) is 16.0. The van der Waals surface area contributed by atoms with Crippen molar-refractivity contribution in [2.75, 3.05) is 11.9 Å². The number of aromatic nitrogens is 2. The lowest BCUT2D eigenvalue weighted by Gasteiger charge is -2.06. The average Bonchev–Trinajstić information content (AvgIpc) is 2.51. The lowest BCUT2D eigenvalue weighted by atomic mass is 10.1. The second-order valence-electron chi connectivity index (χ2n) is 4.61. The summed E-state index contributed by atoms with van der Waals surface area (Å²) in [5, 5.41) is 13.6. The van der Waals surface area contributed by atoms with Crippen LogP contribution in [0.4, 0.5) is 5.69 Å². The van der Waals surface area contributed by atoms with Crippen LogP contribution >= 0.6 is 0 Å². The van der Waals surface area contributed by atoms with E-state index in [9.17, 15) is 19.2 Å². The molecule has 0 bridgehead atoms. The van der Waals surface area contributed by atoms with Crippen LogP contribution in [0.5, 0.6) is 5.75 Å². The Kier molecular flexibility index (Phi) is 4.92. The molecule has 2 rings (SSSR count). The molecule has 9 heteroatoms. The third-order valence-electron chi connectivity index (χ3n) is 2.91. The number of phenolic OH excluding ortho intramolecular Hbond substituents is 1. The van der Waals surface area contributed by atoms with Gasteiger partial charge in [0.15, 0.2) is 0 Å². The van der Waals surface area contributed by atoms with Crippen molar-refractivity contribution in [3.05, 3.63) is 56.9 Å². The van der Waals surface area contributed by atoms with Gasteiger partial charge in [-0.25, -0.2) is 4.79 Å². The number of carbonyl (C=O) groups is 2. The molecule has 1 heterocycles.